The molecule has 1 fully saturated rings. The van der Waals surface area contributed by atoms with Crippen molar-refractivity contribution in [3.05, 3.63) is 29.8 Å². The van der Waals surface area contributed by atoms with Crippen LogP contribution < -0.4 is 10.2 Å². The van der Waals surface area contributed by atoms with Gasteiger partial charge < -0.3 is 10.2 Å². The minimum Gasteiger partial charge on any atom is -0.366 e. The zero-order valence-electron chi connectivity index (χ0n) is 13.7. The van der Waals surface area contributed by atoms with Gasteiger partial charge in [-0.05, 0) is 36.5 Å². The predicted molar refractivity (Wildman–Crippen MR) is 88.6 cm³/mol. The third-order valence-corrected chi connectivity index (χ3v) is 4.80. The van der Waals surface area contributed by atoms with Crippen LogP contribution in [0.25, 0.3) is 0 Å². The first-order valence-corrected chi connectivity index (χ1v) is 8.12. The average molecular weight is 274 g/mol. The Kier molecular flexibility index (Phi) is 5.09. The normalized spacial score (nSPS) is 25.0. The van der Waals surface area contributed by atoms with E-state index < -0.39 is 0 Å². The van der Waals surface area contributed by atoms with Crippen LogP contribution in [0.3, 0.4) is 0 Å². The highest BCUT2D eigenvalue weighted by atomic mass is 15.2. The first kappa shape index (κ1) is 15.4. The first-order chi connectivity index (χ1) is 9.52. The highest BCUT2D eigenvalue weighted by Crippen LogP contribution is 2.26. The third kappa shape index (κ3) is 3.35. The van der Waals surface area contributed by atoms with Gasteiger partial charge in [0.05, 0.1) is 0 Å². The number of nitrogens with one attached hydrogen (secondary N) is 1. The lowest BCUT2D eigenvalue weighted by Gasteiger charge is -2.42. The van der Waals surface area contributed by atoms with Crippen LogP contribution in [0.1, 0.15) is 52.5 Å². The van der Waals surface area contributed by atoms with E-state index >= 15 is 0 Å². The van der Waals surface area contributed by atoms with Gasteiger partial charge in [0.25, 0.3) is 0 Å². The molecule has 112 valence electrons. The minimum atomic E-state index is 0.567. The molecule has 3 unspecified atom stereocenters. The number of benzene rings is 1. The van der Waals surface area contributed by atoms with Crippen LogP contribution in [0.5, 0.6) is 0 Å². The Hall–Kier alpha value is -1.02. The fourth-order valence-electron chi connectivity index (χ4n) is 2.98. The summed E-state index contributed by atoms with van der Waals surface area (Å²) in [7, 11) is 0. The van der Waals surface area contributed by atoms with Crippen LogP contribution in [-0.4, -0.2) is 25.2 Å². The van der Waals surface area contributed by atoms with E-state index in [2.05, 4.69) is 69.1 Å². The van der Waals surface area contributed by atoms with Gasteiger partial charge in [-0.1, -0.05) is 46.2 Å². The number of rotatable bonds is 4. The van der Waals surface area contributed by atoms with Gasteiger partial charge >= 0.3 is 0 Å². The molecule has 20 heavy (non-hydrogen) atoms. The van der Waals surface area contributed by atoms with Crippen LogP contribution in [0.15, 0.2) is 24.3 Å². The average Bonchev–Trinajstić information content (AvgIpc) is 2.47. The molecule has 0 radical (unpaired) electrons. The maximum atomic E-state index is 3.71. The summed E-state index contributed by atoms with van der Waals surface area (Å²) in [5, 5.41) is 3.71. The smallest absolute Gasteiger partial charge is 0.0387 e. The van der Waals surface area contributed by atoms with E-state index in [-0.39, 0.29) is 0 Å². The monoisotopic (exact) mass is 274 g/mol. The summed E-state index contributed by atoms with van der Waals surface area (Å²) in [6, 6.07) is 10.3. The molecule has 2 nitrogen and oxygen atoms in total. The van der Waals surface area contributed by atoms with E-state index in [9.17, 15) is 0 Å². The molecule has 0 spiro atoms. The molecule has 3 atom stereocenters. The lowest BCUT2D eigenvalue weighted by Crippen LogP contribution is -2.57. The van der Waals surface area contributed by atoms with E-state index in [0.29, 0.717) is 18.0 Å². The molecule has 1 aliphatic heterocycles. The van der Waals surface area contributed by atoms with Gasteiger partial charge in [0.1, 0.15) is 0 Å². The Balaban J connectivity index is 2.18. The quantitative estimate of drug-likeness (QED) is 0.892. The Morgan fingerprint density at radius 3 is 2.70 bits per heavy atom. The summed E-state index contributed by atoms with van der Waals surface area (Å²) >= 11 is 0. The topological polar surface area (TPSA) is 15.3 Å². The Morgan fingerprint density at radius 1 is 1.30 bits per heavy atom. The summed E-state index contributed by atoms with van der Waals surface area (Å²) in [4.78, 5) is 2.58. The van der Waals surface area contributed by atoms with Crippen molar-refractivity contribution in [1.82, 2.24) is 5.32 Å². The molecular formula is C18H30N2. The van der Waals surface area contributed by atoms with Crippen LogP contribution in [0.2, 0.25) is 0 Å². The highest BCUT2D eigenvalue weighted by molar-refractivity contribution is 5.51. The van der Waals surface area contributed by atoms with Crippen molar-refractivity contribution in [2.45, 2.75) is 59.0 Å². The zero-order chi connectivity index (χ0) is 14.7. The van der Waals surface area contributed by atoms with Crippen molar-refractivity contribution in [2.75, 3.05) is 18.0 Å². The molecule has 1 aliphatic rings. The lowest BCUT2D eigenvalue weighted by molar-refractivity contribution is 0.316. The summed E-state index contributed by atoms with van der Waals surface area (Å²) in [5.41, 5.74) is 2.83. The molecule has 1 heterocycles. The molecule has 1 aromatic carbocycles. The van der Waals surface area contributed by atoms with E-state index in [0.717, 1.165) is 19.0 Å². The Labute approximate surface area is 124 Å². The Bertz CT molecular complexity index is 427. The van der Waals surface area contributed by atoms with Crippen molar-refractivity contribution < 1.29 is 0 Å². The van der Waals surface area contributed by atoms with E-state index in [4.69, 9.17) is 0 Å². The van der Waals surface area contributed by atoms with E-state index in [1.807, 2.05) is 0 Å². The zero-order valence-corrected chi connectivity index (χ0v) is 13.7. The molecule has 0 aromatic heterocycles. The minimum absolute atomic E-state index is 0.567. The largest absolute Gasteiger partial charge is 0.366 e. The molecule has 0 amide bonds. The van der Waals surface area contributed by atoms with Crippen molar-refractivity contribution in [1.29, 1.82) is 0 Å². The third-order valence-electron chi connectivity index (χ3n) is 4.80. The van der Waals surface area contributed by atoms with Gasteiger partial charge in [-0.15, -0.1) is 0 Å². The second-order valence-corrected chi connectivity index (χ2v) is 6.65. The maximum absolute atomic E-state index is 3.71. The first-order valence-electron chi connectivity index (χ1n) is 8.12. The molecule has 0 bridgehead atoms. The fraction of sp³-hybridized carbons (Fsp3) is 0.667. The van der Waals surface area contributed by atoms with Gasteiger partial charge in [0, 0.05) is 30.9 Å². The number of hydrogen-bond donors (Lipinski definition) is 1. The summed E-state index contributed by atoms with van der Waals surface area (Å²) in [6.45, 7) is 13.7. The van der Waals surface area contributed by atoms with Gasteiger partial charge in [-0.2, -0.15) is 0 Å². The fourth-order valence-corrected chi connectivity index (χ4v) is 2.98. The van der Waals surface area contributed by atoms with Crippen molar-refractivity contribution in [2.24, 2.45) is 5.92 Å². The highest BCUT2D eigenvalue weighted by Gasteiger charge is 2.27. The second-order valence-electron chi connectivity index (χ2n) is 6.65. The van der Waals surface area contributed by atoms with Crippen molar-refractivity contribution >= 4 is 5.69 Å². The molecule has 2 heteroatoms. The number of nitrogens with zero attached hydrogens (tertiary/aromatic N) is 1. The molecular weight excluding hydrogens is 244 g/mol. The molecule has 1 saturated heterocycles. The SMILES string of the molecule is CCC(C)C1CN(c2cccc(C(C)C)c2)C(C)CN1. The van der Waals surface area contributed by atoms with Crippen molar-refractivity contribution in [3.63, 3.8) is 0 Å². The van der Waals surface area contributed by atoms with Gasteiger partial charge in [-0.25, -0.2) is 0 Å². The van der Waals surface area contributed by atoms with Gasteiger partial charge in [-0.3, -0.25) is 0 Å². The number of hydrogen-bond acceptors (Lipinski definition) is 2. The lowest BCUT2D eigenvalue weighted by atomic mass is 9.95. The predicted octanol–water partition coefficient (Wildman–Crippen LogP) is 4.02. The van der Waals surface area contributed by atoms with Crippen LogP contribution in [-0.2, 0) is 0 Å². The summed E-state index contributed by atoms with van der Waals surface area (Å²) in [5.74, 6) is 1.33. The number of anilines is 1. The molecule has 1 N–H and O–H groups in total. The van der Waals surface area contributed by atoms with Gasteiger partial charge in [0.15, 0.2) is 0 Å². The molecule has 0 aliphatic carbocycles. The van der Waals surface area contributed by atoms with Crippen molar-refractivity contribution in [3.8, 4) is 0 Å². The molecule has 0 saturated carbocycles. The Morgan fingerprint density at radius 2 is 2.05 bits per heavy atom. The van der Waals surface area contributed by atoms with Crippen LogP contribution in [0, 0.1) is 5.92 Å². The molecule has 2 rings (SSSR count). The maximum Gasteiger partial charge on any atom is 0.0387 e. The van der Waals surface area contributed by atoms with E-state index in [1.54, 1.807) is 0 Å². The summed E-state index contributed by atoms with van der Waals surface area (Å²) in [6.07, 6.45) is 1.24. The van der Waals surface area contributed by atoms with Crippen LogP contribution >= 0.6 is 0 Å². The summed E-state index contributed by atoms with van der Waals surface area (Å²) < 4.78 is 0. The molecule has 1 aromatic rings. The second kappa shape index (κ2) is 6.62. The van der Waals surface area contributed by atoms with Gasteiger partial charge in [0.2, 0.25) is 0 Å². The standard InChI is InChI=1S/C18H30N2/c1-6-14(4)18-12-20(15(5)11-19-18)17-9-7-8-16(10-17)13(2)3/h7-10,13-15,18-19H,6,11-12H2,1-5H3. The number of piperazine rings is 1. The van der Waals surface area contributed by atoms with E-state index in [1.165, 1.54) is 17.7 Å². The van der Waals surface area contributed by atoms with Crippen LogP contribution in [0.4, 0.5) is 5.69 Å².